The number of rotatable bonds is 4. The molecular weight excluding hydrogens is 288 g/mol. The Hall–Kier alpha value is -2.15. The Bertz CT molecular complexity index is 589. The van der Waals surface area contributed by atoms with Crippen LogP contribution in [0.15, 0.2) is 18.2 Å². The van der Waals surface area contributed by atoms with Crippen LogP contribution in [-0.2, 0) is 9.59 Å². The van der Waals surface area contributed by atoms with Crippen molar-refractivity contribution in [2.24, 2.45) is 0 Å². The molecule has 1 amide bonds. The Morgan fingerprint density at radius 2 is 2.25 bits per heavy atom. The lowest BCUT2D eigenvalue weighted by atomic mass is 10.0. The van der Waals surface area contributed by atoms with Crippen molar-refractivity contribution in [2.45, 2.75) is 18.9 Å². The van der Waals surface area contributed by atoms with Gasteiger partial charge in [0.1, 0.15) is 6.54 Å². The zero-order chi connectivity index (χ0) is 14.9. The van der Waals surface area contributed by atoms with E-state index in [9.17, 15) is 19.7 Å². The molecule has 8 heteroatoms. The van der Waals surface area contributed by atoms with E-state index in [1.807, 2.05) is 0 Å². The first-order valence-corrected chi connectivity index (χ1v) is 6.23. The molecule has 1 aliphatic heterocycles. The molecule has 1 N–H and O–H groups in total. The fourth-order valence-corrected chi connectivity index (χ4v) is 2.54. The number of hydrogen-bond acceptors (Lipinski definition) is 4. The van der Waals surface area contributed by atoms with Gasteiger partial charge >= 0.3 is 5.97 Å². The molecule has 1 aromatic carbocycles. The lowest BCUT2D eigenvalue weighted by molar-refractivity contribution is -0.384. The van der Waals surface area contributed by atoms with Crippen molar-refractivity contribution < 1.29 is 19.6 Å². The SMILES string of the molecule is O=C(O)CN1C(=O)CCC1c1cc([N+](=O)[O-])ccc1Cl. The molecular formula is C12H11ClN2O5. The Balaban J connectivity index is 2.38. The molecule has 1 aromatic rings. The zero-order valence-electron chi connectivity index (χ0n) is 10.3. The lowest BCUT2D eigenvalue weighted by Crippen LogP contribution is -2.33. The first kappa shape index (κ1) is 14.3. The highest BCUT2D eigenvalue weighted by Gasteiger charge is 2.35. The van der Waals surface area contributed by atoms with Crippen LogP contribution in [0.5, 0.6) is 0 Å². The summed E-state index contributed by atoms with van der Waals surface area (Å²) in [5.41, 5.74) is 0.270. The molecule has 1 saturated heterocycles. The Morgan fingerprint density at radius 1 is 1.55 bits per heavy atom. The highest BCUT2D eigenvalue weighted by Crippen LogP contribution is 2.37. The minimum absolute atomic E-state index is 0.140. The number of carbonyl (C=O) groups excluding carboxylic acids is 1. The van der Waals surface area contributed by atoms with Crippen molar-refractivity contribution >= 4 is 29.2 Å². The first-order valence-electron chi connectivity index (χ1n) is 5.85. The molecule has 106 valence electrons. The van der Waals surface area contributed by atoms with E-state index in [0.717, 1.165) is 0 Å². The second kappa shape index (κ2) is 5.46. The van der Waals surface area contributed by atoms with Gasteiger partial charge in [-0.2, -0.15) is 0 Å². The number of nitrogens with zero attached hydrogens (tertiary/aromatic N) is 2. The van der Waals surface area contributed by atoms with E-state index >= 15 is 0 Å². The molecule has 7 nitrogen and oxygen atoms in total. The number of amides is 1. The van der Waals surface area contributed by atoms with Gasteiger partial charge in [0.25, 0.3) is 5.69 Å². The van der Waals surface area contributed by atoms with Gasteiger partial charge in [-0.25, -0.2) is 0 Å². The first-order chi connectivity index (χ1) is 9.40. The van der Waals surface area contributed by atoms with Gasteiger partial charge in [0, 0.05) is 29.1 Å². The maximum Gasteiger partial charge on any atom is 0.323 e. The number of carbonyl (C=O) groups is 2. The van der Waals surface area contributed by atoms with Crippen LogP contribution in [0.3, 0.4) is 0 Å². The van der Waals surface area contributed by atoms with Crippen molar-refractivity contribution in [1.82, 2.24) is 4.90 Å². The summed E-state index contributed by atoms with van der Waals surface area (Å²) in [5.74, 6) is -1.42. The molecule has 2 rings (SSSR count). The van der Waals surface area contributed by atoms with Crippen LogP contribution in [0.1, 0.15) is 24.4 Å². The van der Waals surface area contributed by atoms with E-state index in [0.29, 0.717) is 12.0 Å². The van der Waals surface area contributed by atoms with E-state index in [4.69, 9.17) is 16.7 Å². The number of aliphatic carboxylic acids is 1. The highest BCUT2D eigenvalue weighted by molar-refractivity contribution is 6.31. The van der Waals surface area contributed by atoms with Crippen LogP contribution >= 0.6 is 11.6 Å². The lowest BCUT2D eigenvalue weighted by Gasteiger charge is -2.23. The maximum atomic E-state index is 11.7. The zero-order valence-corrected chi connectivity index (χ0v) is 11.0. The summed E-state index contributed by atoms with van der Waals surface area (Å²) in [6.07, 6.45) is 0.601. The predicted octanol–water partition coefficient (Wildman–Crippen LogP) is 2.00. The molecule has 0 spiro atoms. The molecule has 0 bridgehead atoms. The van der Waals surface area contributed by atoms with Gasteiger partial charge in [-0.1, -0.05) is 11.6 Å². The van der Waals surface area contributed by atoms with Crippen LogP contribution in [0, 0.1) is 10.1 Å². The third kappa shape index (κ3) is 2.72. The molecule has 1 heterocycles. The number of benzene rings is 1. The monoisotopic (exact) mass is 298 g/mol. The second-order valence-electron chi connectivity index (χ2n) is 4.43. The van der Waals surface area contributed by atoms with Crippen LogP contribution in [0.25, 0.3) is 0 Å². The van der Waals surface area contributed by atoms with E-state index in [2.05, 4.69) is 0 Å². The fraction of sp³-hybridized carbons (Fsp3) is 0.333. The Morgan fingerprint density at radius 3 is 2.85 bits per heavy atom. The molecule has 1 fully saturated rings. The number of likely N-dealkylation sites (tertiary alicyclic amines) is 1. The Kier molecular flexibility index (Phi) is 3.89. The molecule has 1 unspecified atom stereocenters. The summed E-state index contributed by atoms with van der Waals surface area (Å²) in [6, 6.07) is 3.41. The normalized spacial score (nSPS) is 18.4. The molecule has 0 saturated carbocycles. The Labute approximate surface area is 118 Å². The van der Waals surface area contributed by atoms with Crippen molar-refractivity contribution in [3.63, 3.8) is 0 Å². The third-order valence-electron chi connectivity index (χ3n) is 3.18. The van der Waals surface area contributed by atoms with Crippen LogP contribution in [-0.4, -0.2) is 33.4 Å². The number of nitro groups is 1. The quantitative estimate of drug-likeness (QED) is 0.676. The van der Waals surface area contributed by atoms with Gasteiger partial charge in [-0.3, -0.25) is 19.7 Å². The number of nitro benzene ring substituents is 1. The molecule has 0 aliphatic carbocycles. The number of carboxylic acids is 1. The fourth-order valence-electron chi connectivity index (χ4n) is 2.30. The van der Waals surface area contributed by atoms with Crippen LogP contribution < -0.4 is 0 Å². The number of non-ortho nitro benzene ring substituents is 1. The minimum atomic E-state index is -1.13. The topological polar surface area (TPSA) is 101 Å². The molecule has 20 heavy (non-hydrogen) atoms. The van der Waals surface area contributed by atoms with Crippen molar-refractivity contribution in [1.29, 1.82) is 0 Å². The maximum absolute atomic E-state index is 11.7. The average Bonchev–Trinajstić information content (AvgIpc) is 2.71. The largest absolute Gasteiger partial charge is 0.480 e. The number of halogens is 1. The van der Waals surface area contributed by atoms with E-state index in [-0.39, 0.29) is 23.0 Å². The van der Waals surface area contributed by atoms with Crippen molar-refractivity contribution in [3.05, 3.63) is 38.9 Å². The number of hydrogen-bond donors (Lipinski definition) is 1. The average molecular weight is 299 g/mol. The van der Waals surface area contributed by atoms with E-state index in [1.165, 1.54) is 23.1 Å². The smallest absolute Gasteiger partial charge is 0.323 e. The molecule has 0 radical (unpaired) electrons. The molecule has 0 aromatic heterocycles. The van der Waals surface area contributed by atoms with Gasteiger partial charge in [0.15, 0.2) is 0 Å². The van der Waals surface area contributed by atoms with E-state index in [1.54, 1.807) is 0 Å². The molecule has 1 aliphatic rings. The predicted molar refractivity (Wildman–Crippen MR) is 69.4 cm³/mol. The minimum Gasteiger partial charge on any atom is -0.480 e. The summed E-state index contributed by atoms with van der Waals surface area (Å²) in [4.78, 5) is 33.9. The van der Waals surface area contributed by atoms with Gasteiger partial charge in [0.2, 0.25) is 5.91 Å². The standard InChI is InChI=1S/C12H11ClN2O5/c13-9-2-1-7(15(19)20)5-8(9)10-3-4-11(16)14(10)6-12(17)18/h1-2,5,10H,3-4,6H2,(H,17,18). The van der Waals surface area contributed by atoms with Crippen LogP contribution in [0.4, 0.5) is 5.69 Å². The number of carboxylic acid groups (broad SMARTS) is 1. The van der Waals surface area contributed by atoms with E-state index < -0.39 is 23.5 Å². The molecule has 1 atom stereocenters. The summed E-state index contributed by atoms with van der Waals surface area (Å²) in [6.45, 7) is -0.442. The van der Waals surface area contributed by atoms with Gasteiger partial charge in [0.05, 0.1) is 11.0 Å². The highest BCUT2D eigenvalue weighted by atomic mass is 35.5. The third-order valence-corrected chi connectivity index (χ3v) is 3.53. The van der Waals surface area contributed by atoms with Crippen molar-refractivity contribution in [2.75, 3.05) is 6.54 Å². The van der Waals surface area contributed by atoms with Gasteiger partial charge in [-0.05, 0) is 12.5 Å². The van der Waals surface area contributed by atoms with Crippen LogP contribution in [0.2, 0.25) is 5.02 Å². The van der Waals surface area contributed by atoms with Gasteiger partial charge in [-0.15, -0.1) is 0 Å². The summed E-state index contributed by atoms with van der Waals surface area (Å²) < 4.78 is 0. The van der Waals surface area contributed by atoms with Gasteiger partial charge < -0.3 is 10.0 Å². The van der Waals surface area contributed by atoms with Crippen molar-refractivity contribution in [3.8, 4) is 0 Å². The summed E-state index contributed by atoms with van der Waals surface area (Å²) in [5, 5.41) is 19.9. The summed E-state index contributed by atoms with van der Waals surface area (Å²) in [7, 11) is 0. The second-order valence-corrected chi connectivity index (χ2v) is 4.84. The summed E-state index contributed by atoms with van der Waals surface area (Å²) >= 11 is 6.02.